The summed E-state index contributed by atoms with van der Waals surface area (Å²) in [6, 6.07) is 6.98. The zero-order chi connectivity index (χ0) is 22.5. The molecule has 0 fully saturated rings. The number of nitrogens with one attached hydrogen (secondary N) is 1. The monoisotopic (exact) mass is 425 g/mol. The van der Waals surface area contributed by atoms with Crippen LogP contribution in [0.4, 0.5) is 4.39 Å². The van der Waals surface area contributed by atoms with Crippen molar-refractivity contribution >= 4 is 5.91 Å². The summed E-state index contributed by atoms with van der Waals surface area (Å²) in [5.74, 6) is -0.863. The number of benzene rings is 1. The molecule has 2 heterocycles. The smallest absolute Gasteiger partial charge is 0.331 e. The van der Waals surface area contributed by atoms with Gasteiger partial charge in [-0.1, -0.05) is 19.9 Å². The average Bonchev–Trinajstić information content (AvgIpc) is 3.11. The number of hydrogen-bond acceptors (Lipinski definition) is 4. The lowest BCUT2D eigenvalue weighted by Crippen LogP contribution is -2.43. The Balaban J connectivity index is 1.73. The van der Waals surface area contributed by atoms with Crippen LogP contribution in [0.15, 0.2) is 46.1 Å². The molecular formula is C22H24FN5O3. The summed E-state index contributed by atoms with van der Waals surface area (Å²) in [5.41, 5.74) is 1.07. The van der Waals surface area contributed by atoms with Crippen molar-refractivity contribution in [3.63, 3.8) is 0 Å². The summed E-state index contributed by atoms with van der Waals surface area (Å²) in [7, 11) is 2.82. The van der Waals surface area contributed by atoms with Gasteiger partial charge in [-0.05, 0) is 36.5 Å². The van der Waals surface area contributed by atoms with Crippen LogP contribution in [0.3, 0.4) is 0 Å². The number of nitrogens with zero attached hydrogens (tertiary/aromatic N) is 4. The maximum Gasteiger partial charge on any atom is 0.331 e. The Morgan fingerprint density at radius 2 is 1.94 bits per heavy atom. The van der Waals surface area contributed by atoms with E-state index in [-0.39, 0.29) is 23.0 Å². The standard InChI is InChI=1S/C22H24FN5O3/c1-22(2)10-16(25-20(30)17-9-19(29)27(4)21(31)26(17)3)15-12-24-28(18(15)11-22)14-7-5-6-13(23)8-14/h5-9,12,16H,10-11H2,1-4H3,(H,25,30)/t16-/m0/s1. The van der Waals surface area contributed by atoms with E-state index in [9.17, 15) is 18.8 Å². The average molecular weight is 425 g/mol. The fourth-order valence-corrected chi connectivity index (χ4v) is 4.18. The molecule has 0 unspecified atom stereocenters. The van der Waals surface area contributed by atoms with E-state index in [2.05, 4.69) is 24.3 Å². The van der Waals surface area contributed by atoms with Crippen molar-refractivity contribution in [1.29, 1.82) is 0 Å². The van der Waals surface area contributed by atoms with E-state index in [4.69, 9.17) is 0 Å². The van der Waals surface area contributed by atoms with Crippen molar-refractivity contribution in [3.05, 3.63) is 80.1 Å². The Hall–Kier alpha value is -3.49. The first-order chi connectivity index (χ1) is 14.6. The van der Waals surface area contributed by atoms with Gasteiger partial charge in [-0.3, -0.25) is 18.7 Å². The van der Waals surface area contributed by atoms with Crippen LogP contribution < -0.4 is 16.6 Å². The molecule has 162 valence electrons. The minimum Gasteiger partial charge on any atom is -0.344 e. The summed E-state index contributed by atoms with van der Waals surface area (Å²) in [4.78, 5) is 37.2. The normalized spacial score (nSPS) is 17.3. The number of carbonyl (C=O) groups excluding carboxylic acids is 1. The van der Waals surface area contributed by atoms with Gasteiger partial charge in [0.15, 0.2) is 0 Å². The zero-order valence-corrected chi connectivity index (χ0v) is 17.8. The van der Waals surface area contributed by atoms with Gasteiger partial charge in [0, 0.05) is 25.7 Å². The number of rotatable bonds is 3. The van der Waals surface area contributed by atoms with Gasteiger partial charge in [0.05, 0.1) is 23.6 Å². The van der Waals surface area contributed by atoms with Gasteiger partial charge in [0.1, 0.15) is 11.5 Å². The highest BCUT2D eigenvalue weighted by molar-refractivity contribution is 5.92. The van der Waals surface area contributed by atoms with E-state index in [0.717, 1.165) is 26.5 Å². The second-order valence-electron chi connectivity index (χ2n) is 8.78. The molecule has 1 aliphatic carbocycles. The maximum absolute atomic E-state index is 13.8. The van der Waals surface area contributed by atoms with Crippen LogP contribution in [0.1, 0.15) is 48.1 Å². The van der Waals surface area contributed by atoms with Crippen molar-refractivity contribution in [1.82, 2.24) is 24.2 Å². The molecule has 1 atom stereocenters. The largest absolute Gasteiger partial charge is 0.344 e. The van der Waals surface area contributed by atoms with Crippen LogP contribution in [0.25, 0.3) is 5.69 Å². The maximum atomic E-state index is 13.8. The van der Waals surface area contributed by atoms with Gasteiger partial charge in [-0.2, -0.15) is 5.10 Å². The molecule has 0 saturated heterocycles. The first kappa shape index (κ1) is 20.8. The first-order valence-corrected chi connectivity index (χ1v) is 9.98. The van der Waals surface area contributed by atoms with Crippen LogP contribution in [-0.4, -0.2) is 24.8 Å². The Labute approximate surface area is 177 Å². The topological polar surface area (TPSA) is 90.9 Å². The molecule has 9 heteroatoms. The molecule has 0 spiro atoms. The fourth-order valence-electron chi connectivity index (χ4n) is 4.18. The highest BCUT2D eigenvalue weighted by Gasteiger charge is 2.36. The van der Waals surface area contributed by atoms with Crippen molar-refractivity contribution in [2.24, 2.45) is 19.5 Å². The molecule has 31 heavy (non-hydrogen) atoms. The Kier molecular flexibility index (Phi) is 4.91. The number of fused-ring (bicyclic) bond motifs is 1. The van der Waals surface area contributed by atoms with E-state index in [1.807, 2.05) is 0 Å². The summed E-state index contributed by atoms with van der Waals surface area (Å²) >= 11 is 0. The Morgan fingerprint density at radius 1 is 1.19 bits per heavy atom. The van der Waals surface area contributed by atoms with Gasteiger partial charge < -0.3 is 5.32 Å². The SMILES string of the molecule is Cn1c(C(=O)N[C@H]2CC(C)(C)Cc3c2cnn3-c2cccc(F)c2)cc(=O)n(C)c1=O. The Morgan fingerprint density at radius 3 is 2.65 bits per heavy atom. The van der Waals surface area contributed by atoms with Crippen LogP contribution in [0, 0.1) is 11.2 Å². The summed E-state index contributed by atoms with van der Waals surface area (Å²) in [6.45, 7) is 4.18. The Bertz CT molecular complexity index is 1300. The van der Waals surface area contributed by atoms with Crippen LogP contribution in [0.2, 0.25) is 0 Å². The molecule has 0 bridgehead atoms. The van der Waals surface area contributed by atoms with Crippen LogP contribution in [0.5, 0.6) is 0 Å². The van der Waals surface area contributed by atoms with Gasteiger partial charge >= 0.3 is 5.69 Å². The number of carbonyl (C=O) groups is 1. The van der Waals surface area contributed by atoms with Gasteiger partial charge in [-0.15, -0.1) is 0 Å². The molecule has 1 aromatic carbocycles. The molecule has 0 radical (unpaired) electrons. The minimum absolute atomic E-state index is 0.00412. The van der Waals surface area contributed by atoms with Gasteiger partial charge in [0.25, 0.3) is 11.5 Å². The van der Waals surface area contributed by atoms with Crippen molar-refractivity contribution in [2.75, 3.05) is 0 Å². The molecule has 1 amide bonds. The van der Waals surface area contributed by atoms with Crippen molar-refractivity contribution in [3.8, 4) is 5.69 Å². The lowest BCUT2D eigenvalue weighted by Gasteiger charge is -2.36. The molecule has 0 saturated carbocycles. The minimum atomic E-state index is -0.568. The predicted molar refractivity (Wildman–Crippen MR) is 113 cm³/mol. The lowest BCUT2D eigenvalue weighted by molar-refractivity contribution is 0.0908. The molecule has 2 aromatic heterocycles. The fraction of sp³-hybridized carbons (Fsp3) is 0.364. The molecule has 1 aliphatic rings. The number of aromatic nitrogens is 4. The highest BCUT2D eigenvalue weighted by atomic mass is 19.1. The molecule has 3 aromatic rings. The summed E-state index contributed by atoms with van der Waals surface area (Å²) < 4.78 is 17.6. The van der Waals surface area contributed by atoms with E-state index in [0.29, 0.717) is 18.5 Å². The van der Waals surface area contributed by atoms with E-state index in [1.165, 1.54) is 26.2 Å². The second kappa shape index (κ2) is 7.33. The highest BCUT2D eigenvalue weighted by Crippen LogP contribution is 2.41. The van der Waals surface area contributed by atoms with Crippen LogP contribution in [-0.2, 0) is 20.5 Å². The third-order valence-corrected chi connectivity index (χ3v) is 5.80. The quantitative estimate of drug-likeness (QED) is 0.693. The second-order valence-corrected chi connectivity index (χ2v) is 8.78. The molecular weight excluding hydrogens is 401 g/mol. The third-order valence-electron chi connectivity index (χ3n) is 5.80. The number of halogens is 1. The third kappa shape index (κ3) is 3.71. The van der Waals surface area contributed by atoms with Gasteiger partial charge in [-0.25, -0.2) is 13.9 Å². The van der Waals surface area contributed by atoms with E-state index >= 15 is 0 Å². The summed E-state index contributed by atoms with van der Waals surface area (Å²) in [5, 5.41) is 7.42. The zero-order valence-electron chi connectivity index (χ0n) is 17.8. The number of amides is 1. The molecule has 1 N–H and O–H groups in total. The molecule has 4 rings (SSSR count). The molecule has 0 aliphatic heterocycles. The van der Waals surface area contributed by atoms with E-state index < -0.39 is 17.2 Å². The molecule has 8 nitrogen and oxygen atoms in total. The predicted octanol–water partition coefficient (Wildman–Crippen LogP) is 1.85. The van der Waals surface area contributed by atoms with Gasteiger partial charge in [0.2, 0.25) is 0 Å². The summed E-state index contributed by atoms with van der Waals surface area (Å²) in [6.07, 6.45) is 3.04. The van der Waals surface area contributed by atoms with Crippen molar-refractivity contribution in [2.45, 2.75) is 32.7 Å². The lowest BCUT2D eigenvalue weighted by atomic mass is 9.74. The van der Waals surface area contributed by atoms with E-state index in [1.54, 1.807) is 23.0 Å². The van der Waals surface area contributed by atoms with Crippen molar-refractivity contribution < 1.29 is 9.18 Å². The first-order valence-electron chi connectivity index (χ1n) is 9.98. The van der Waals surface area contributed by atoms with Crippen LogP contribution >= 0.6 is 0 Å². The number of hydrogen-bond donors (Lipinski definition) is 1.